The lowest BCUT2D eigenvalue weighted by atomic mass is 10.1. The topological polar surface area (TPSA) is 77.8 Å². The van der Waals surface area contributed by atoms with Crippen LogP contribution in [0, 0.1) is 6.92 Å². The number of fused-ring (bicyclic) bond motifs is 1. The van der Waals surface area contributed by atoms with Crippen molar-refractivity contribution < 1.29 is 4.42 Å². The molecule has 19 heavy (non-hydrogen) atoms. The molecular formula is C14H14N4O. The van der Waals surface area contributed by atoms with Gasteiger partial charge >= 0.3 is 0 Å². The number of aromatic nitrogens is 3. The summed E-state index contributed by atoms with van der Waals surface area (Å²) in [5.74, 6) is 1.29. The summed E-state index contributed by atoms with van der Waals surface area (Å²) < 4.78 is 5.53. The second-order valence-electron chi connectivity index (χ2n) is 4.50. The summed E-state index contributed by atoms with van der Waals surface area (Å²) in [6.45, 7) is 3.70. The van der Waals surface area contributed by atoms with Gasteiger partial charge in [-0.25, -0.2) is 15.0 Å². The van der Waals surface area contributed by atoms with E-state index in [-0.39, 0.29) is 6.04 Å². The van der Waals surface area contributed by atoms with Crippen LogP contribution in [0.4, 0.5) is 0 Å². The number of nitrogens with zero attached hydrogens (tertiary/aromatic N) is 3. The Morgan fingerprint density at radius 1 is 1.21 bits per heavy atom. The van der Waals surface area contributed by atoms with Crippen molar-refractivity contribution in [1.82, 2.24) is 15.0 Å². The van der Waals surface area contributed by atoms with Gasteiger partial charge in [0.1, 0.15) is 11.3 Å². The quantitative estimate of drug-likeness (QED) is 0.760. The molecule has 0 aliphatic heterocycles. The number of rotatable bonds is 2. The molecule has 0 radical (unpaired) electrons. The Hall–Kier alpha value is -2.27. The molecule has 2 aromatic heterocycles. The van der Waals surface area contributed by atoms with E-state index in [2.05, 4.69) is 15.0 Å². The van der Waals surface area contributed by atoms with Gasteiger partial charge in [0.15, 0.2) is 11.5 Å². The van der Waals surface area contributed by atoms with Crippen LogP contribution in [0.5, 0.6) is 0 Å². The minimum atomic E-state index is -0.184. The number of oxazole rings is 1. The van der Waals surface area contributed by atoms with Crippen LogP contribution in [0.2, 0.25) is 0 Å². The Morgan fingerprint density at radius 2 is 2.05 bits per heavy atom. The van der Waals surface area contributed by atoms with Gasteiger partial charge < -0.3 is 10.2 Å². The molecule has 96 valence electrons. The third kappa shape index (κ3) is 2.20. The lowest BCUT2D eigenvalue weighted by molar-refractivity contribution is 0.561. The molecule has 0 bridgehead atoms. The van der Waals surface area contributed by atoms with E-state index >= 15 is 0 Å². The van der Waals surface area contributed by atoms with Gasteiger partial charge in [0, 0.05) is 18.7 Å². The summed E-state index contributed by atoms with van der Waals surface area (Å²) in [7, 11) is 0. The highest BCUT2D eigenvalue weighted by molar-refractivity contribution is 5.79. The number of benzene rings is 1. The monoisotopic (exact) mass is 254 g/mol. The zero-order chi connectivity index (χ0) is 13.4. The van der Waals surface area contributed by atoms with Crippen LogP contribution in [0.1, 0.15) is 24.7 Å². The van der Waals surface area contributed by atoms with Crippen molar-refractivity contribution in [3.8, 4) is 11.3 Å². The first kappa shape index (κ1) is 11.8. The fourth-order valence-corrected chi connectivity index (χ4v) is 1.95. The highest BCUT2D eigenvalue weighted by Crippen LogP contribution is 2.23. The minimum absolute atomic E-state index is 0.184. The molecule has 1 aromatic carbocycles. The summed E-state index contributed by atoms with van der Waals surface area (Å²) in [6, 6.07) is 7.50. The van der Waals surface area contributed by atoms with E-state index in [0.717, 1.165) is 22.4 Å². The number of aryl methyl sites for hydroxylation is 1. The van der Waals surface area contributed by atoms with E-state index in [9.17, 15) is 0 Å². The smallest absolute Gasteiger partial charge is 0.192 e. The third-order valence-corrected chi connectivity index (χ3v) is 2.87. The molecule has 1 atom stereocenters. The molecule has 0 saturated carbocycles. The van der Waals surface area contributed by atoms with Gasteiger partial charge in [-0.2, -0.15) is 0 Å². The number of nitrogens with two attached hydrogens (primary N) is 1. The van der Waals surface area contributed by atoms with Crippen LogP contribution in [-0.2, 0) is 0 Å². The zero-order valence-electron chi connectivity index (χ0n) is 10.8. The van der Waals surface area contributed by atoms with Gasteiger partial charge in [-0.3, -0.25) is 0 Å². The van der Waals surface area contributed by atoms with Crippen LogP contribution < -0.4 is 5.73 Å². The molecule has 0 aliphatic rings. The molecular weight excluding hydrogens is 240 g/mol. The molecule has 0 fully saturated rings. The highest BCUT2D eigenvalue weighted by atomic mass is 16.3. The Labute approximate surface area is 110 Å². The summed E-state index contributed by atoms with van der Waals surface area (Å²) in [5, 5.41) is 0. The first-order valence-corrected chi connectivity index (χ1v) is 6.09. The van der Waals surface area contributed by atoms with Gasteiger partial charge in [-0.1, -0.05) is 6.07 Å². The van der Waals surface area contributed by atoms with Crippen LogP contribution in [0.15, 0.2) is 34.9 Å². The Balaban J connectivity index is 2.10. The molecule has 2 heterocycles. The molecule has 0 aliphatic carbocycles. The van der Waals surface area contributed by atoms with Crippen molar-refractivity contribution in [1.29, 1.82) is 0 Å². The number of hydrogen-bond donors (Lipinski definition) is 1. The lowest BCUT2D eigenvalue weighted by Gasteiger charge is -2.06. The SMILES string of the molecule is Cc1nc2ccc(-c3ccnc(C(C)N)n3)cc2o1. The van der Waals surface area contributed by atoms with Crippen LogP contribution in [-0.4, -0.2) is 15.0 Å². The fraction of sp³-hybridized carbons (Fsp3) is 0.214. The van der Waals surface area contributed by atoms with Crippen molar-refractivity contribution >= 4 is 11.1 Å². The van der Waals surface area contributed by atoms with Gasteiger partial charge in [-0.15, -0.1) is 0 Å². The zero-order valence-corrected chi connectivity index (χ0v) is 10.8. The molecule has 3 rings (SSSR count). The normalized spacial score (nSPS) is 12.8. The van der Waals surface area contributed by atoms with Gasteiger partial charge in [0.25, 0.3) is 0 Å². The van der Waals surface area contributed by atoms with E-state index in [1.807, 2.05) is 38.1 Å². The average Bonchev–Trinajstić information content (AvgIpc) is 2.77. The molecule has 1 unspecified atom stereocenters. The molecule has 0 spiro atoms. The first-order valence-electron chi connectivity index (χ1n) is 6.09. The second-order valence-corrected chi connectivity index (χ2v) is 4.50. The Morgan fingerprint density at radius 3 is 2.84 bits per heavy atom. The van der Waals surface area contributed by atoms with Crippen molar-refractivity contribution in [3.05, 3.63) is 42.2 Å². The van der Waals surface area contributed by atoms with Crippen molar-refractivity contribution in [3.63, 3.8) is 0 Å². The van der Waals surface area contributed by atoms with Gasteiger partial charge in [0.05, 0.1) is 11.7 Å². The van der Waals surface area contributed by atoms with Crippen molar-refractivity contribution in [2.75, 3.05) is 0 Å². The molecule has 3 aromatic rings. The van der Waals surface area contributed by atoms with E-state index in [1.165, 1.54) is 0 Å². The maximum atomic E-state index is 5.80. The minimum Gasteiger partial charge on any atom is -0.441 e. The molecule has 2 N–H and O–H groups in total. The summed E-state index contributed by atoms with van der Waals surface area (Å²) in [5.41, 5.74) is 9.21. The van der Waals surface area contributed by atoms with E-state index in [1.54, 1.807) is 6.20 Å². The fourth-order valence-electron chi connectivity index (χ4n) is 1.95. The predicted molar refractivity (Wildman–Crippen MR) is 72.4 cm³/mol. The summed E-state index contributed by atoms with van der Waals surface area (Å²) >= 11 is 0. The third-order valence-electron chi connectivity index (χ3n) is 2.87. The maximum absolute atomic E-state index is 5.80. The van der Waals surface area contributed by atoms with E-state index in [0.29, 0.717) is 11.7 Å². The van der Waals surface area contributed by atoms with Crippen LogP contribution in [0.3, 0.4) is 0 Å². The van der Waals surface area contributed by atoms with Gasteiger partial charge in [0.2, 0.25) is 0 Å². The van der Waals surface area contributed by atoms with Crippen molar-refractivity contribution in [2.45, 2.75) is 19.9 Å². The Kier molecular flexibility index (Phi) is 2.76. The van der Waals surface area contributed by atoms with E-state index < -0.39 is 0 Å². The standard InChI is InChI=1S/C14H14N4O/c1-8(15)14-16-6-5-11(18-14)10-3-4-12-13(7-10)19-9(2)17-12/h3-8H,15H2,1-2H3. The number of hydrogen-bond acceptors (Lipinski definition) is 5. The van der Waals surface area contributed by atoms with E-state index in [4.69, 9.17) is 10.2 Å². The molecule has 0 saturated heterocycles. The largest absolute Gasteiger partial charge is 0.441 e. The maximum Gasteiger partial charge on any atom is 0.192 e. The summed E-state index contributed by atoms with van der Waals surface area (Å²) in [4.78, 5) is 12.9. The van der Waals surface area contributed by atoms with Crippen molar-refractivity contribution in [2.24, 2.45) is 5.73 Å². The Bertz CT molecular complexity index is 733. The average molecular weight is 254 g/mol. The van der Waals surface area contributed by atoms with Crippen LogP contribution in [0.25, 0.3) is 22.4 Å². The van der Waals surface area contributed by atoms with Gasteiger partial charge in [-0.05, 0) is 25.1 Å². The molecule has 5 heteroatoms. The predicted octanol–water partition coefficient (Wildman–Crippen LogP) is 2.61. The first-order chi connectivity index (χ1) is 9.13. The highest BCUT2D eigenvalue weighted by Gasteiger charge is 2.08. The summed E-state index contributed by atoms with van der Waals surface area (Å²) in [6.07, 6.45) is 1.72. The molecule has 0 amide bonds. The second kappa shape index (κ2) is 4.44. The lowest BCUT2D eigenvalue weighted by Crippen LogP contribution is -2.09. The van der Waals surface area contributed by atoms with Crippen LogP contribution >= 0.6 is 0 Å². The molecule has 5 nitrogen and oxygen atoms in total.